The molecule has 0 saturated heterocycles. The molecule has 0 N–H and O–H groups in total. The average molecular weight is 376 g/mol. The number of benzene rings is 3. The third-order valence-electron chi connectivity index (χ3n) is 5.36. The molecular formula is C25H29OP. The summed E-state index contributed by atoms with van der Waals surface area (Å²) in [4.78, 5) is 0. The lowest BCUT2D eigenvalue weighted by atomic mass is 10.3. The van der Waals surface area contributed by atoms with Crippen molar-refractivity contribution in [2.75, 3.05) is 6.61 Å². The maximum Gasteiger partial charge on any atom is 0.115 e. The third-order valence-corrected chi connectivity index (χ3v) is 10.3. The molecule has 0 spiro atoms. The highest BCUT2D eigenvalue weighted by Crippen LogP contribution is 2.63. The zero-order chi connectivity index (χ0) is 19.0. The lowest BCUT2D eigenvalue weighted by molar-refractivity contribution is -0.361. The van der Waals surface area contributed by atoms with E-state index < -0.39 is 7.26 Å². The summed E-state index contributed by atoms with van der Waals surface area (Å²) in [5.41, 5.74) is 0.768. The summed E-state index contributed by atoms with van der Waals surface area (Å²) in [6, 6.07) is 33.9. The Labute approximate surface area is 164 Å². The van der Waals surface area contributed by atoms with E-state index in [4.69, 9.17) is 5.11 Å². The third kappa shape index (κ3) is 4.15. The van der Waals surface area contributed by atoms with Crippen LogP contribution in [0.3, 0.4) is 0 Å². The first-order valence-electron chi connectivity index (χ1n) is 9.97. The molecular weight excluding hydrogens is 347 g/mol. The van der Waals surface area contributed by atoms with Gasteiger partial charge in [0, 0.05) is 0 Å². The van der Waals surface area contributed by atoms with Crippen LogP contribution in [0.15, 0.2) is 91.0 Å². The molecule has 0 heterocycles. The van der Waals surface area contributed by atoms with Crippen molar-refractivity contribution in [2.24, 2.45) is 0 Å². The standard InChI is InChI=1S/C23H24P.C2H5O/c1-4-12-20(13-5-1)24(23-18-10-11-19-23,21-14-6-2-7-15-21)22-16-8-3-9-17-22;1-2-3/h1-9,12-17,23H,10-11,18-19H2;2H2,1H3/q+1;-1. The van der Waals surface area contributed by atoms with E-state index in [0.717, 1.165) is 5.66 Å². The SMILES string of the molecule is CC[O-].c1ccc([P+](c2ccccc2)(c2ccccc2)C2CCCC2)cc1. The summed E-state index contributed by atoms with van der Waals surface area (Å²) in [6.07, 6.45) is 5.46. The zero-order valence-electron chi connectivity index (χ0n) is 16.1. The molecule has 3 aromatic rings. The molecule has 0 aliphatic heterocycles. The summed E-state index contributed by atoms with van der Waals surface area (Å²) < 4.78 is 0. The first kappa shape index (κ1) is 19.8. The van der Waals surface area contributed by atoms with Crippen molar-refractivity contribution in [3.05, 3.63) is 91.0 Å². The van der Waals surface area contributed by atoms with E-state index in [9.17, 15) is 0 Å². The molecule has 27 heavy (non-hydrogen) atoms. The van der Waals surface area contributed by atoms with E-state index in [0.29, 0.717) is 0 Å². The molecule has 3 aromatic carbocycles. The molecule has 0 unspecified atom stereocenters. The van der Waals surface area contributed by atoms with Gasteiger partial charge in [-0.25, -0.2) is 0 Å². The Bertz CT molecular complexity index is 684. The van der Waals surface area contributed by atoms with E-state index in [1.165, 1.54) is 41.6 Å². The van der Waals surface area contributed by atoms with Crippen LogP contribution in [-0.2, 0) is 0 Å². The first-order chi connectivity index (χ1) is 13.3. The molecule has 1 aliphatic rings. The Morgan fingerprint density at radius 2 is 0.963 bits per heavy atom. The summed E-state index contributed by atoms with van der Waals surface area (Å²) in [5, 5.41) is 13.5. The van der Waals surface area contributed by atoms with Crippen LogP contribution in [0.1, 0.15) is 32.6 Å². The van der Waals surface area contributed by atoms with Crippen LogP contribution in [0, 0.1) is 0 Å². The van der Waals surface area contributed by atoms with Crippen molar-refractivity contribution >= 4 is 23.2 Å². The first-order valence-corrected chi connectivity index (χ1v) is 11.8. The Balaban J connectivity index is 0.000000659. The van der Waals surface area contributed by atoms with Crippen LogP contribution in [0.5, 0.6) is 0 Å². The van der Waals surface area contributed by atoms with E-state index >= 15 is 0 Å². The normalized spacial score (nSPS) is 14.4. The minimum Gasteiger partial charge on any atom is -0.855 e. The van der Waals surface area contributed by atoms with Gasteiger partial charge in [-0.3, -0.25) is 0 Å². The average Bonchev–Trinajstić information content (AvgIpc) is 3.27. The molecule has 1 saturated carbocycles. The predicted molar refractivity (Wildman–Crippen MR) is 118 cm³/mol. The predicted octanol–water partition coefficient (Wildman–Crippen LogP) is 4.29. The van der Waals surface area contributed by atoms with Crippen LogP contribution in [0.2, 0.25) is 0 Å². The highest BCUT2D eigenvalue weighted by Gasteiger charge is 2.52. The number of rotatable bonds is 4. The number of hydrogen-bond donors (Lipinski definition) is 0. The van der Waals surface area contributed by atoms with E-state index in [1.807, 2.05) is 0 Å². The van der Waals surface area contributed by atoms with Gasteiger partial charge in [0.25, 0.3) is 0 Å². The minimum absolute atomic E-state index is 0. The molecule has 4 rings (SSSR count). The number of hydrogen-bond acceptors (Lipinski definition) is 1. The van der Waals surface area contributed by atoms with Crippen molar-refractivity contribution in [2.45, 2.75) is 38.3 Å². The lowest BCUT2D eigenvalue weighted by Crippen LogP contribution is -2.37. The van der Waals surface area contributed by atoms with Gasteiger partial charge in [0.2, 0.25) is 0 Å². The quantitative estimate of drug-likeness (QED) is 0.623. The molecule has 2 heteroatoms. The molecule has 140 valence electrons. The van der Waals surface area contributed by atoms with Crippen LogP contribution in [0.25, 0.3) is 0 Å². The van der Waals surface area contributed by atoms with Gasteiger partial charge in [0.15, 0.2) is 0 Å². The van der Waals surface area contributed by atoms with Gasteiger partial charge >= 0.3 is 0 Å². The van der Waals surface area contributed by atoms with Crippen LogP contribution >= 0.6 is 7.26 Å². The van der Waals surface area contributed by atoms with Crippen molar-refractivity contribution in [1.29, 1.82) is 0 Å². The Morgan fingerprint density at radius 3 is 1.26 bits per heavy atom. The fraction of sp³-hybridized carbons (Fsp3) is 0.280. The van der Waals surface area contributed by atoms with Crippen molar-refractivity contribution in [3.8, 4) is 0 Å². The molecule has 1 fully saturated rings. The topological polar surface area (TPSA) is 23.1 Å². The van der Waals surface area contributed by atoms with Crippen molar-refractivity contribution < 1.29 is 5.11 Å². The van der Waals surface area contributed by atoms with Gasteiger partial charge in [-0.05, 0) is 62.1 Å². The summed E-state index contributed by atoms with van der Waals surface area (Å²) in [7, 11) is -1.60. The smallest absolute Gasteiger partial charge is 0.115 e. The second-order valence-corrected chi connectivity index (χ2v) is 10.7. The van der Waals surface area contributed by atoms with Gasteiger partial charge in [-0.1, -0.05) is 61.5 Å². The fourth-order valence-electron chi connectivity index (χ4n) is 4.36. The van der Waals surface area contributed by atoms with Gasteiger partial charge < -0.3 is 5.11 Å². The van der Waals surface area contributed by atoms with E-state index in [1.54, 1.807) is 6.92 Å². The molecule has 0 radical (unpaired) electrons. The van der Waals surface area contributed by atoms with Gasteiger partial charge in [0.1, 0.15) is 23.2 Å². The van der Waals surface area contributed by atoms with Crippen LogP contribution < -0.4 is 21.0 Å². The molecule has 0 amide bonds. The lowest BCUT2D eigenvalue weighted by Gasteiger charge is -2.32. The monoisotopic (exact) mass is 376 g/mol. The van der Waals surface area contributed by atoms with Gasteiger partial charge in [-0.2, -0.15) is 0 Å². The highest BCUT2D eigenvalue weighted by molar-refractivity contribution is 7.96. The minimum atomic E-state index is -1.60. The zero-order valence-corrected chi connectivity index (χ0v) is 17.0. The summed E-state index contributed by atoms with van der Waals surface area (Å²) in [5.74, 6) is 0. The van der Waals surface area contributed by atoms with Crippen molar-refractivity contribution in [3.63, 3.8) is 0 Å². The summed E-state index contributed by atoms with van der Waals surface area (Å²) in [6.45, 7) is 1.57. The summed E-state index contributed by atoms with van der Waals surface area (Å²) >= 11 is 0. The Kier molecular flexibility index (Phi) is 7.21. The Hall–Kier alpha value is -1.95. The van der Waals surface area contributed by atoms with Gasteiger partial charge in [0.05, 0.1) is 5.66 Å². The second kappa shape index (κ2) is 9.83. The molecule has 0 aromatic heterocycles. The van der Waals surface area contributed by atoms with E-state index in [-0.39, 0.29) is 6.61 Å². The Morgan fingerprint density at radius 1 is 0.667 bits per heavy atom. The van der Waals surface area contributed by atoms with Gasteiger partial charge in [-0.15, -0.1) is 6.61 Å². The van der Waals surface area contributed by atoms with E-state index in [2.05, 4.69) is 91.0 Å². The largest absolute Gasteiger partial charge is 0.855 e. The van der Waals surface area contributed by atoms with Crippen LogP contribution in [0.4, 0.5) is 0 Å². The molecule has 0 bridgehead atoms. The highest BCUT2D eigenvalue weighted by atomic mass is 31.2. The second-order valence-electron chi connectivity index (χ2n) is 6.96. The fourth-order valence-corrected chi connectivity index (χ4v) is 9.59. The van der Waals surface area contributed by atoms with Crippen LogP contribution in [-0.4, -0.2) is 12.3 Å². The maximum absolute atomic E-state index is 8.93. The van der Waals surface area contributed by atoms with Crippen molar-refractivity contribution in [1.82, 2.24) is 0 Å². The molecule has 1 aliphatic carbocycles. The molecule has 0 atom stereocenters. The maximum atomic E-state index is 8.93. The molecule has 1 nitrogen and oxygen atoms in total.